The lowest BCUT2D eigenvalue weighted by Gasteiger charge is -2.06. The van der Waals surface area contributed by atoms with Crippen molar-refractivity contribution in [2.45, 2.75) is 20.4 Å². The fourth-order valence-electron chi connectivity index (χ4n) is 2.03. The summed E-state index contributed by atoms with van der Waals surface area (Å²) in [6.45, 7) is 8.50. The first-order valence-corrected chi connectivity index (χ1v) is 7.08. The maximum absolute atomic E-state index is 11.8. The van der Waals surface area contributed by atoms with Crippen molar-refractivity contribution in [3.63, 3.8) is 0 Å². The van der Waals surface area contributed by atoms with Crippen molar-refractivity contribution in [1.29, 1.82) is 0 Å². The Morgan fingerprint density at radius 1 is 1.38 bits per heavy atom. The Labute approximate surface area is 129 Å². The lowest BCUT2D eigenvalue weighted by Crippen LogP contribution is -2.23. The predicted molar refractivity (Wildman–Crippen MR) is 84.8 cm³/mol. The molecule has 1 amide bonds. The number of rotatable bonds is 5. The van der Waals surface area contributed by atoms with E-state index in [2.05, 4.69) is 17.0 Å². The van der Waals surface area contributed by atoms with Crippen molar-refractivity contribution in [1.82, 2.24) is 15.1 Å². The summed E-state index contributed by atoms with van der Waals surface area (Å²) in [5.74, 6) is -0.101. The highest BCUT2D eigenvalue weighted by atomic mass is 35.5. The van der Waals surface area contributed by atoms with Gasteiger partial charge in [-0.25, -0.2) is 0 Å². The van der Waals surface area contributed by atoms with Crippen molar-refractivity contribution in [3.8, 4) is 0 Å². The second-order valence-electron chi connectivity index (χ2n) is 4.84. The number of aromatic nitrogens is 2. The maximum Gasteiger partial charge on any atom is 0.251 e. The molecule has 5 heteroatoms. The van der Waals surface area contributed by atoms with Crippen LogP contribution in [0.2, 0.25) is 5.02 Å². The van der Waals surface area contributed by atoms with Gasteiger partial charge in [-0.3, -0.25) is 9.48 Å². The highest BCUT2D eigenvalue weighted by Crippen LogP contribution is 2.19. The summed E-state index contributed by atoms with van der Waals surface area (Å²) in [6, 6.07) is 7.46. The van der Waals surface area contributed by atoms with E-state index in [1.54, 1.807) is 18.2 Å². The normalized spacial score (nSPS) is 10.4. The molecule has 0 aliphatic rings. The molecule has 0 fully saturated rings. The molecule has 0 aliphatic carbocycles. The van der Waals surface area contributed by atoms with Gasteiger partial charge in [-0.1, -0.05) is 29.8 Å². The number of carbonyl (C=O) groups excluding carboxylic acids is 1. The minimum atomic E-state index is -0.101. The van der Waals surface area contributed by atoms with Gasteiger partial charge in [0.25, 0.3) is 5.91 Å². The quantitative estimate of drug-likeness (QED) is 0.863. The third-order valence-corrected chi connectivity index (χ3v) is 3.80. The zero-order chi connectivity index (χ0) is 15.4. The molecule has 0 bridgehead atoms. The molecule has 110 valence electrons. The van der Waals surface area contributed by atoms with E-state index < -0.39 is 0 Å². The largest absolute Gasteiger partial charge is 0.349 e. The number of nitrogens with zero attached hydrogens (tertiary/aromatic N) is 2. The van der Waals surface area contributed by atoms with Gasteiger partial charge >= 0.3 is 0 Å². The van der Waals surface area contributed by atoms with Gasteiger partial charge in [0.05, 0.1) is 23.0 Å². The molecule has 4 nitrogen and oxygen atoms in total. The van der Waals surface area contributed by atoms with Crippen LogP contribution < -0.4 is 5.32 Å². The molecule has 0 radical (unpaired) electrons. The third-order valence-electron chi connectivity index (χ3n) is 3.25. The number of hydrogen-bond acceptors (Lipinski definition) is 2. The molecule has 0 unspecified atom stereocenters. The van der Waals surface area contributed by atoms with Gasteiger partial charge in [0.1, 0.15) is 0 Å². The topological polar surface area (TPSA) is 46.9 Å². The van der Waals surface area contributed by atoms with Crippen LogP contribution in [-0.4, -0.2) is 22.2 Å². The fourth-order valence-corrected chi connectivity index (χ4v) is 2.17. The summed E-state index contributed by atoms with van der Waals surface area (Å²) < 4.78 is 1.87. The second-order valence-corrected chi connectivity index (χ2v) is 5.22. The molecule has 2 rings (SSSR count). The van der Waals surface area contributed by atoms with Gasteiger partial charge in [0.15, 0.2) is 0 Å². The summed E-state index contributed by atoms with van der Waals surface area (Å²) >= 11 is 6.14. The highest BCUT2D eigenvalue weighted by molar-refractivity contribution is 6.31. The van der Waals surface area contributed by atoms with Crippen LogP contribution in [0.15, 0.2) is 36.9 Å². The first kappa shape index (κ1) is 15.3. The second kappa shape index (κ2) is 6.59. The zero-order valence-electron chi connectivity index (χ0n) is 12.2. The molecular weight excluding hydrogens is 286 g/mol. The number of aryl methyl sites for hydroxylation is 1. The third kappa shape index (κ3) is 3.52. The molecule has 0 atom stereocenters. The van der Waals surface area contributed by atoms with Crippen LogP contribution in [0.5, 0.6) is 0 Å². The van der Waals surface area contributed by atoms with Crippen molar-refractivity contribution in [2.75, 3.05) is 6.54 Å². The molecule has 2 aromatic rings. The van der Waals surface area contributed by atoms with E-state index >= 15 is 0 Å². The summed E-state index contributed by atoms with van der Waals surface area (Å²) in [4.78, 5) is 11.8. The van der Waals surface area contributed by atoms with Gasteiger partial charge in [-0.2, -0.15) is 5.10 Å². The van der Waals surface area contributed by atoms with Crippen molar-refractivity contribution < 1.29 is 4.79 Å². The summed E-state index contributed by atoms with van der Waals surface area (Å²) in [6.07, 6.45) is 1.65. The van der Waals surface area contributed by atoms with Crippen LogP contribution in [-0.2, 0) is 6.54 Å². The van der Waals surface area contributed by atoms with Crippen LogP contribution in [0.25, 0.3) is 0 Å². The summed E-state index contributed by atoms with van der Waals surface area (Å²) in [5, 5.41) is 7.85. The van der Waals surface area contributed by atoms with Gasteiger partial charge in [-0.15, -0.1) is 6.58 Å². The Hall–Kier alpha value is -2.07. The molecular formula is C16H18ClN3O. The van der Waals surface area contributed by atoms with Crippen LogP contribution >= 0.6 is 11.6 Å². The Morgan fingerprint density at radius 2 is 2.05 bits per heavy atom. The standard InChI is InChI=1S/C16H18ClN3O/c1-4-9-18-16(21)14-7-5-13(6-8-14)10-20-12(3)15(17)11(2)19-20/h4-8H,1,9-10H2,2-3H3,(H,18,21). The summed E-state index contributed by atoms with van der Waals surface area (Å²) in [7, 11) is 0. The van der Waals surface area contributed by atoms with Crippen molar-refractivity contribution >= 4 is 17.5 Å². The number of hydrogen-bond donors (Lipinski definition) is 1. The molecule has 1 heterocycles. The molecule has 21 heavy (non-hydrogen) atoms. The monoisotopic (exact) mass is 303 g/mol. The predicted octanol–water partition coefficient (Wildman–Crippen LogP) is 3.12. The number of halogens is 1. The van der Waals surface area contributed by atoms with E-state index in [4.69, 9.17) is 11.6 Å². The van der Waals surface area contributed by atoms with E-state index in [1.807, 2.05) is 30.7 Å². The van der Waals surface area contributed by atoms with Gasteiger partial charge < -0.3 is 5.32 Å². The van der Waals surface area contributed by atoms with Gasteiger partial charge in [0.2, 0.25) is 0 Å². The number of amides is 1. The SMILES string of the molecule is C=CCNC(=O)c1ccc(Cn2nc(C)c(Cl)c2C)cc1. The van der Waals surface area contributed by atoms with Crippen LogP contribution in [0.1, 0.15) is 27.3 Å². The van der Waals surface area contributed by atoms with E-state index in [0.29, 0.717) is 23.7 Å². The molecule has 1 aromatic carbocycles. The molecule has 0 saturated carbocycles. The minimum absolute atomic E-state index is 0.101. The van der Waals surface area contributed by atoms with Crippen molar-refractivity contribution in [3.05, 3.63) is 64.5 Å². The smallest absolute Gasteiger partial charge is 0.251 e. The Kier molecular flexibility index (Phi) is 4.81. The molecule has 0 spiro atoms. The number of nitrogens with one attached hydrogen (secondary N) is 1. The van der Waals surface area contributed by atoms with Gasteiger partial charge in [-0.05, 0) is 31.5 Å². The fraction of sp³-hybridized carbons (Fsp3) is 0.250. The van der Waals surface area contributed by atoms with Crippen molar-refractivity contribution in [2.24, 2.45) is 0 Å². The van der Waals surface area contributed by atoms with E-state index in [1.165, 1.54) is 0 Å². The van der Waals surface area contributed by atoms with E-state index in [0.717, 1.165) is 17.0 Å². The number of carbonyl (C=O) groups is 1. The van der Waals surface area contributed by atoms with Crippen LogP contribution in [0.4, 0.5) is 0 Å². The first-order valence-electron chi connectivity index (χ1n) is 6.70. The molecule has 1 N–H and O–H groups in total. The Morgan fingerprint density at radius 3 is 2.57 bits per heavy atom. The van der Waals surface area contributed by atoms with E-state index in [-0.39, 0.29) is 5.91 Å². The van der Waals surface area contributed by atoms with E-state index in [9.17, 15) is 4.79 Å². The molecule has 0 aliphatic heterocycles. The minimum Gasteiger partial charge on any atom is -0.349 e. The average Bonchev–Trinajstić information content (AvgIpc) is 2.73. The molecule has 1 aromatic heterocycles. The number of benzene rings is 1. The Bertz CT molecular complexity index is 659. The van der Waals surface area contributed by atoms with Crippen LogP contribution in [0, 0.1) is 13.8 Å². The lowest BCUT2D eigenvalue weighted by molar-refractivity contribution is 0.0958. The molecule has 0 saturated heterocycles. The average molecular weight is 304 g/mol. The highest BCUT2D eigenvalue weighted by Gasteiger charge is 2.10. The van der Waals surface area contributed by atoms with Gasteiger partial charge in [0, 0.05) is 12.1 Å². The van der Waals surface area contributed by atoms with Crippen LogP contribution in [0.3, 0.4) is 0 Å². The summed E-state index contributed by atoms with van der Waals surface area (Å²) in [5.41, 5.74) is 3.47. The zero-order valence-corrected chi connectivity index (χ0v) is 12.9. The lowest BCUT2D eigenvalue weighted by atomic mass is 10.1. The maximum atomic E-state index is 11.8. The Balaban J connectivity index is 2.10. The first-order chi connectivity index (χ1) is 10.0.